The van der Waals surface area contributed by atoms with Crippen molar-refractivity contribution in [1.29, 1.82) is 0 Å². The van der Waals surface area contributed by atoms with Gasteiger partial charge in [-0.3, -0.25) is 0 Å². The van der Waals surface area contributed by atoms with E-state index in [1.807, 2.05) is 31.2 Å². The fraction of sp³-hybridized carbons (Fsp3) is 0.154. The van der Waals surface area contributed by atoms with E-state index in [0.29, 0.717) is 17.3 Å². The number of nitrogens with one attached hydrogen (secondary N) is 1. The average Bonchev–Trinajstić information content (AvgIpc) is 2.66. The van der Waals surface area contributed by atoms with Crippen molar-refractivity contribution in [2.24, 2.45) is 0 Å². The van der Waals surface area contributed by atoms with Crippen LogP contribution in [0.4, 0.5) is 5.82 Å². The van der Waals surface area contributed by atoms with E-state index >= 15 is 0 Å². The van der Waals surface area contributed by atoms with Gasteiger partial charge in [-0.15, -0.1) is 10.2 Å². The van der Waals surface area contributed by atoms with Crippen LogP contribution in [0.3, 0.4) is 0 Å². The van der Waals surface area contributed by atoms with Gasteiger partial charge in [0.15, 0.2) is 5.82 Å². The van der Waals surface area contributed by atoms with Crippen molar-refractivity contribution in [2.45, 2.75) is 13.8 Å². The molecule has 0 saturated carbocycles. The van der Waals surface area contributed by atoms with Crippen molar-refractivity contribution in [1.82, 2.24) is 20.2 Å². The first-order valence-corrected chi connectivity index (χ1v) is 5.71. The lowest BCUT2D eigenvalue weighted by molar-refractivity contribution is 0.920. The van der Waals surface area contributed by atoms with Crippen LogP contribution < -0.4 is 5.73 Å². The number of hydrogen-bond donors (Lipinski definition) is 2. The summed E-state index contributed by atoms with van der Waals surface area (Å²) in [5.41, 5.74) is 9.63. The van der Waals surface area contributed by atoms with Crippen LogP contribution >= 0.6 is 0 Å². The highest BCUT2D eigenvalue weighted by Gasteiger charge is 2.15. The van der Waals surface area contributed by atoms with Gasteiger partial charge in [-0.1, -0.05) is 18.2 Å². The van der Waals surface area contributed by atoms with Crippen molar-refractivity contribution in [2.75, 3.05) is 5.73 Å². The molecule has 5 nitrogen and oxygen atoms in total. The number of hydrogen-bond acceptors (Lipinski definition) is 4. The summed E-state index contributed by atoms with van der Waals surface area (Å²) in [6, 6.07) is 8.04. The predicted molar refractivity (Wildman–Crippen MR) is 71.0 cm³/mol. The molecule has 0 radical (unpaired) electrons. The zero-order chi connectivity index (χ0) is 12.7. The zero-order valence-electron chi connectivity index (χ0n) is 10.2. The number of nitrogens with zero attached hydrogens (tertiary/aromatic N) is 3. The van der Waals surface area contributed by atoms with E-state index < -0.39 is 0 Å². The lowest BCUT2D eigenvalue weighted by Crippen LogP contribution is -2.02. The van der Waals surface area contributed by atoms with Crippen molar-refractivity contribution < 1.29 is 0 Å². The monoisotopic (exact) mass is 239 g/mol. The Bertz CT molecular complexity index is 729. The molecule has 0 unspecified atom stereocenters. The Morgan fingerprint density at radius 3 is 2.67 bits per heavy atom. The molecular formula is C13H13N5. The van der Waals surface area contributed by atoms with Gasteiger partial charge in [0.25, 0.3) is 0 Å². The number of benzene rings is 1. The van der Waals surface area contributed by atoms with E-state index in [1.54, 1.807) is 6.92 Å². The number of aromatic amines is 1. The van der Waals surface area contributed by atoms with Crippen LogP contribution in [0.5, 0.6) is 0 Å². The average molecular weight is 239 g/mol. The smallest absolute Gasteiger partial charge is 0.154 e. The first-order valence-electron chi connectivity index (χ1n) is 5.71. The number of H-pyrrole nitrogens is 1. The fourth-order valence-corrected chi connectivity index (χ4v) is 2.18. The second-order valence-corrected chi connectivity index (χ2v) is 4.26. The highest BCUT2D eigenvalue weighted by molar-refractivity contribution is 5.98. The highest BCUT2D eigenvalue weighted by atomic mass is 15.2. The molecule has 0 aliphatic carbocycles. The number of aromatic nitrogens is 4. The summed E-state index contributed by atoms with van der Waals surface area (Å²) in [4.78, 5) is 7.48. The van der Waals surface area contributed by atoms with E-state index in [0.717, 1.165) is 22.2 Å². The van der Waals surface area contributed by atoms with Crippen LogP contribution in [0.2, 0.25) is 0 Å². The Hall–Kier alpha value is -2.43. The second-order valence-electron chi connectivity index (χ2n) is 4.26. The second kappa shape index (κ2) is 3.80. The Balaban J connectivity index is 2.34. The minimum absolute atomic E-state index is 0.412. The Morgan fingerprint density at radius 2 is 1.89 bits per heavy atom. The summed E-state index contributed by atoms with van der Waals surface area (Å²) in [7, 11) is 0. The first-order chi connectivity index (χ1) is 8.66. The van der Waals surface area contributed by atoms with Crippen LogP contribution in [-0.4, -0.2) is 20.2 Å². The molecule has 0 aliphatic rings. The first kappa shape index (κ1) is 10.7. The molecule has 3 rings (SSSR count). The maximum absolute atomic E-state index is 5.95. The number of anilines is 1. The zero-order valence-corrected chi connectivity index (χ0v) is 10.2. The van der Waals surface area contributed by atoms with Crippen LogP contribution in [0.1, 0.15) is 11.5 Å². The summed E-state index contributed by atoms with van der Waals surface area (Å²) in [6.45, 7) is 3.77. The molecular weight excluding hydrogens is 226 g/mol. The van der Waals surface area contributed by atoms with Gasteiger partial charge < -0.3 is 10.7 Å². The van der Waals surface area contributed by atoms with E-state index in [1.165, 1.54) is 0 Å². The van der Waals surface area contributed by atoms with E-state index in [2.05, 4.69) is 20.2 Å². The predicted octanol–water partition coefficient (Wildman–Crippen LogP) is 2.22. The van der Waals surface area contributed by atoms with Gasteiger partial charge in [-0.2, -0.15) is 0 Å². The van der Waals surface area contributed by atoms with Crippen molar-refractivity contribution >= 4 is 16.7 Å². The number of aryl methyl sites for hydroxylation is 2. The quantitative estimate of drug-likeness (QED) is 0.682. The maximum Gasteiger partial charge on any atom is 0.154 e. The number of para-hydroxylation sites is 1. The molecule has 0 fully saturated rings. The van der Waals surface area contributed by atoms with E-state index in [4.69, 9.17) is 5.73 Å². The van der Waals surface area contributed by atoms with Crippen LogP contribution in [-0.2, 0) is 0 Å². The number of nitrogens with two attached hydrogens (primary N) is 1. The molecule has 0 saturated heterocycles. The number of rotatable bonds is 1. The normalized spacial score (nSPS) is 11.0. The third kappa shape index (κ3) is 1.52. The number of fused-ring (bicyclic) bond motifs is 1. The van der Waals surface area contributed by atoms with Crippen molar-refractivity contribution in [3.63, 3.8) is 0 Å². The molecule has 0 spiro atoms. The standard InChI is InChI=1S/C13H13N5/c1-7-11(9-5-3-4-6-10(9)15-7)12-13(14)16-8(2)17-18-12/h3-6,15H,1-2H3,(H2,14,16,17). The summed E-state index contributed by atoms with van der Waals surface area (Å²) in [5.74, 6) is 0.990. The summed E-state index contributed by atoms with van der Waals surface area (Å²) in [6.07, 6.45) is 0. The lowest BCUT2D eigenvalue weighted by Gasteiger charge is -2.03. The van der Waals surface area contributed by atoms with Crippen LogP contribution in [0, 0.1) is 13.8 Å². The largest absolute Gasteiger partial charge is 0.382 e. The molecule has 0 atom stereocenters. The van der Waals surface area contributed by atoms with Gasteiger partial charge in [0.05, 0.1) is 0 Å². The molecule has 0 aliphatic heterocycles. The van der Waals surface area contributed by atoms with E-state index in [9.17, 15) is 0 Å². The third-order valence-corrected chi connectivity index (χ3v) is 2.95. The van der Waals surface area contributed by atoms with Crippen molar-refractivity contribution in [3.8, 4) is 11.3 Å². The van der Waals surface area contributed by atoms with Gasteiger partial charge in [-0.25, -0.2) is 4.98 Å². The Morgan fingerprint density at radius 1 is 1.11 bits per heavy atom. The van der Waals surface area contributed by atoms with Gasteiger partial charge in [-0.05, 0) is 19.9 Å². The molecule has 0 bridgehead atoms. The van der Waals surface area contributed by atoms with Crippen LogP contribution in [0.25, 0.3) is 22.2 Å². The molecule has 2 aromatic heterocycles. The molecule has 3 aromatic rings. The molecule has 2 heterocycles. The summed E-state index contributed by atoms with van der Waals surface area (Å²) >= 11 is 0. The molecule has 5 heteroatoms. The third-order valence-electron chi connectivity index (χ3n) is 2.95. The summed E-state index contributed by atoms with van der Waals surface area (Å²) < 4.78 is 0. The molecule has 90 valence electrons. The topological polar surface area (TPSA) is 80.5 Å². The molecule has 1 aromatic carbocycles. The number of nitrogen functional groups attached to an aromatic ring is 1. The van der Waals surface area contributed by atoms with Gasteiger partial charge >= 0.3 is 0 Å². The van der Waals surface area contributed by atoms with Crippen molar-refractivity contribution in [3.05, 3.63) is 35.8 Å². The van der Waals surface area contributed by atoms with Gasteiger partial charge in [0.2, 0.25) is 0 Å². The molecule has 18 heavy (non-hydrogen) atoms. The Labute approximate surface area is 104 Å². The maximum atomic E-state index is 5.95. The Kier molecular flexibility index (Phi) is 2.26. The van der Waals surface area contributed by atoms with Gasteiger partial charge in [0, 0.05) is 22.2 Å². The SMILES string of the molecule is Cc1nnc(-c2c(C)[nH]c3ccccc23)c(N)n1. The fourth-order valence-electron chi connectivity index (χ4n) is 2.18. The minimum Gasteiger partial charge on any atom is -0.382 e. The lowest BCUT2D eigenvalue weighted by atomic mass is 10.1. The van der Waals surface area contributed by atoms with Crippen LogP contribution in [0.15, 0.2) is 24.3 Å². The van der Waals surface area contributed by atoms with E-state index in [-0.39, 0.29) is 0 Å². The molecule has 3 N–H and O–H groups in total. The molecule has 0 amide bonds. The van der Waals surface area contributed by atoms with Gasteiger partial charge in [0.1, 0.15) is 11.5 Å². The minimum atomic E-state index is 0.412. The summed E-state index contributed by atoms with van der Waals surface area (Å²) in [5, 5.41) is 9.25. The highest BCUT2D eigenvalue weighted by Crippen LogP contribution is 2.32.